The molecule has 0 bridgehead atoms. The number of benzene rings is 1. The summed E-state index contributed by atoms with van der Waals surface area (Å²) in [6.45, 7) is 5.88. The number of amides is 1. The summed E-state index contributed by atoms with van der Waals surface area (Å²) >= 11 is 0. The van der Waals surface area contributed by atoms with Gasteiger partial charge in [0.05, 0.1) is 0 Å². The molecule has 0 saturated heterocycles. The zero-order valence-corrected chi connectivity index (χ0v) is 11.6. The summed E-state index contributed by atoms with van der Waals surface area (Å²) in [4.78, 5) is 11.7. The molecule has 0 aliphatic rings. The first-order chi connectivity index (χ1) is 8.63. The molecule has 3 heteroatoms. The molecule has 0 aliphatic carbocycles. The fraction of sp³-hybridized carbons (Fsp3) is 0.533. The summed E-state index contributed by atoms with van der Waals surface area (Å²) in [5.41, 5.74) is 2.52. The highest BCUT2D eigenvalue weighted by molar-refractivity contribution is 5.76. The summed E-state index contributed by atoms with van der Waals surface area (Å²) in [5.74, 6) is 0.610. The first kappa shape index (κ1) is 14.7. The SMILES string of the molecule is CNCC(C)CNC(=O)CCc1ccccc1C. The van der Waals surface area contributed by atoms with Gasteiger partial charge in [-0.25, -0.2) is 0 Å². The first-order valence-electron chi connectivity index (χ1n) is 6.59. The Hall–Kier alpha value is -1.35. The number of hydrogen-bond acceptors (Lipinski definition) is 2. The minimum atomic E-state index is 0.140. The molecular weight excluding hydrogens is 224 g/mol. The Kier molecular flexibility index (Phi) is 6.44. The van der Waals surface area contributed by atoms with E-state index in [1.54, 1.807) is 0 Å². The lowest BCUT2D eigenvalue weighted by molar-refractivity contribution is -0.121. The van der Waals surface area contributed by atoms with Gasteiger partial charge in [-0.05, 0) is 44.0 Å². The van der Waals surface area contributed by atoms with Crippen molar-refractivity contribution < 1.29 is 4.79 Å². The standard InChI is InChI=1S/C15H24N2O/c1-12(10-16-3)11-17-15(18)9-8-14-7-5-4-6-13(14)2/h4-7,12,16H,8-11H2,1-3H3,(H,17,18). The van der Waals surface area contributed by atoms with Crippen LogP contribution in [0.25, 0.3) is 0 Å². The van der Waals surface area contributed by atoms with Gasteiger partial charge in [0.1, 0.15) is 0 Å². The van der Waals surface area contributed by atoms with E-state index in [1.165, 1.54) is 11.1 Å². The second kappa shape index (κ2) is 7.88. The van der Waals surface area contributed by atoms with Gasteiger partial charge in [-0.2, -0.15) is 0 Å². The zero-order valence-electron chi connectivity index (χ0n) is 11.6. The van der Waals surface area contributed by atoms with E-state index in [1.807, 2.05) is 19.2 Å². The van der Waals surface area contributed by atoms with Crippen molar-refractivity contribution in [3.8, 4) is 0 Å². The van der Waals surface area contributed by atoms with Gasteiger partial charge in [0, 0.05) is 13.0 Å². The fourth-order valence-electron chi connectivity index (χ4n) is 1.94. The molecule has 0 aromatic heterocycles. The molecule has 0 spiro atoms. The van der Waals surface area contributed by atoms with Crippen molar-refractivity contribution in [2.24, 2.45) is 5.92 Å². The molecule has 0 radical (unpaired) electrons. The van der Waals surface area contributed by atoms with Gasteiger partial charge in [-0.1, -0.05) is 31.2 Å². The lowest BCUT2D eigenvalue weighted by Crippen LogP contribution is -2.32. The monoisotopic (exact) mass is 248 g/mol. The van der Waals surface area contributed by atoms with Crippen LogP contribution in [0.15, 0.2) is 24.3 Å². The second-order valence-corrected chi connectivity index (χ2v) is 4.89. The largest absolute Gasteiger partial charge is 0.356 e. The Morgan fingerprint density at radius 1 is 1.28 bits per heavy atom. The third kappa shape index (κ3) is 5.32. The molecule has 0 aliphatic heterocycles. The zero-order chi connectivity index (χ0) is 13.4. The molecule has 0 fully saturated rings. The molecule has 1 aromatic rings. The van der Waals surface area contributed by atoms with Crippen LogP contribution in [0.5, 0.6) is 0 Å². The number of rotatable bonds is 7. The van der Waals surface area contributed by atoms with Crippen LogP contribution in [0, 0.1) is 12.8 Å². The highest BCUT2D eigenvalue weighted by Crippen LogP contribution is 2.09. The smallest absolute Gasteiger partial charge is 0.220 e. The molecule has 1 rings (SSSR count). The van der Waals surface area contributed by atoms with Gasteiger partial charge in [0.2, 0.25) is 5.91 Å². The quantitative estimate of drug-likeness (QED) is 0.774. The minimum Gasteiger partial charge on any atom is -0.356 e. The molecular formula is C15H24N2O. The first-order valence-corrected chi connectivity index (χ1v) is 6.59. The van der Waals surface area contributed by atoms with E-state index >= 15 is 0 Å². The molecule has 2 N–H and O–H groups in total. The van der Waals surface area contributed by atoms with Crippen molar-refractivity contribution in [1.82, 2.24) is 10.6 Å². The number of aryl methyl sites for hydroxylation is 2. The lowest BCUT2D eigenvalue weighted by Gasteiger charge is -2.12. The summed E-state index contributed by atoms with van der Waals surface area (Å²) < 4.78 is 0. The summed E-state index contributed by atoms with van der Waals surface area (Å²) in [6, 6.07) is 8.22. The van der Waals surface area contributed by atoms with Crippen LogP contribution in [-0.4, -0.2) is 26.0 Å². The van der Waals surface area contributed by atoms with Crippen molar-refractivity contribution in [1.29, 1.82) is 0 Å². The average molecular weight is 248 g/mol. The van der Waals surface area contributed by atoms with Gasteiger partial charge in [-0.3, -0.25) is 4.79 Å². The third-order valence-electron chi connectivity index (χ3n) is 3.08. The van der Waals surface area contributed by atoms with Crippen LogP contribution in [0.1, 0.15) is 24.5 Å². The maximum Gasteiger partial charge on any atom is 0.220 e. The highest BCUT2D eigenvalue weighted by Gasteiger charge is 2.06. The van der Waals surface area contributed by atoms with E-state index < -0.39 is 0 Å². The Morgan fingerprint density at radius 2 is 2.00 bits per heavy atom. The molecule has 1 aromatic carbocycles. The molecule has 1 amide bonds. The summed E-state index contributed by atoms with van der Waals surface area (Å²) in [5, 5.41) is 6.08. The van der Waals surface area contributed by atoms with Crippen molar-refractivity contribution in [2.45, 2.75) is 26.7 Å². The predicted molar refractivity (Wildman–Crippen MR) is 75.6 cm³/mol. The molecule has 100 valence electrons. The van der Waals surface area contributed by atoms with Crippen LogP contribution in [0.4, 0.5) is 0 Å². The van der Waals surface area contributed by atoms with Crippen LogP contribution in [0.3, 0.4) is 0 Å². The van der Waals surface area contributed by atoms with Crippen molar-refractivity contribution in [3.63, 3.8) is 0 Å². The van der Waals surface area contributed by atoms with Crippen LogP contribution in [0.2, 0.25) is 0 Å². The van der Waals surface area contributed by atoms with Crippen molar-refractivity contribution in [3.05, 3.63) is 35.4 Å². The normalized spacial score (nSPS) is 12.2. The van der Waals surface area contributed by atoms with Crippen LogP contribution >= 0.6 is 0 Å². The fourth-order valence-corrected chi connectivity index (χ4v) is 1.94. The number of hydrogen-bond donors (Lipinski definition) is 2. The average Bonchev–Trinajstić information content (AvgIpc) is 2.36. The predicted octanol–water partition coefficient (Wildman–Crippen LogP) is 1.90. The van der Waals surface area contributed by atoms with Crippen molar-refractivity contribution in [2.75, 3.05) is 20.1 Å². The Morgan fingerprint density at radius 3 is 2.67 bits per heavy atom. The van der Waals surface area contributed by atoms with Gasteiger partial charge in [-0.15, -0.1) is 0 Å². The molecule has 1 atom stereocenters. The van der Waals surface area contributed by atoms with E-state index in [4.69, 9.17) is 0 Å². The maximum atomic E-state index is 11.7. The molecule has 0 heterocycles. The second-order valence-electron chi connectivity index (χ2n) is 4.89. The topological polar surface area (TPSA) is 41.1 Å². The van der Waals surface area contributed by atoms with Crippen LogP contribution in [-0.2, 0) is 11.2 Å². The lowest BCUT2D eigenvalue weighted by atomic mass is 10.0. The summed E-state index contributed by atoms with van der Waals surface area (Å²) in [7, 11) is 1.93. The number of carbonyl (C=O) groups excluding carboxylic acids is 1. The van der Waals surface area contributed by atoms with Crippen molar-refractivity contribution >= 4 is 5.91 Å². The van der Waals surface area contributed by atoms with E-state index in [2.05, 4.69) is 36.6 Å². The van der Waals surface area contributed by atoms with Gasteiger partial charge < -0.3 is 10.6 Å². The number of carbonyl (C=O) groups is 1. The molecule has 0 saturated carbocycles. The molecule has 18 heavy (non-hydrogen) atoms. The minimum absolute atomic E-state index is 0.140. The van der Waals surface area contributed by atoms with E-state index in [0.29, 0.717) is 12.3 Å². The Labute approximate surface area is 110 Å². The molecule has 3 nitrogen and oxygen atoms in total. The van der Waals surface area contributed by atoms with Gasteiger partial charge in [0.15, 0.2) is 0 Å². The van der Waals surface area contributed by atoms with E-state index in [0.717, 1.165) is 19.5 Å². The third-order valence-corrected chi connectivity index (χ3v) is 3.08. The number of nitrogens with one attached hydrogen (secondary N) is 2. The summed E-state index contributed by atoms with van der Waals surface area (Å²) in [6.07, 6.45) is 1.38. The Balaban J connectivity index is 2.27. The van der Waals surface area contributed by atoms with E-state index in [-0.39, 0.29) is 5.91 Å². The van der Waals surface area contributed by atoms with E-state index in [9.17, 15) is 4.79 Å². The van der Waals surface area contributed by atoms with Gasteiger partial charge >= 0.3 is 0 Å². The van der Waals surface area contributed by atoms with Crippen LogP contribution < -0.4 is 10.6 Å². The van der Waals surface area contributed by atoms with Gasteiger partial charge in [0.25, 0.3) is 0 Å². The maximum absolute atomic E-state index is 11.7. The highest BCUT2D eigenvalue weighted by atomic mass is 16.1. The molecule has 1 unspecified atom stereocenters. The Bertz CT molecular complexity index is 377.